The molecule has 25 heavy (non-hydrogen) atoms. The Morgan fingerprint density at radius 1 is 1.24 bits per heavy atom. The summed E-state index contributed by atoms with van der Waals surface area (Å²) >= 11 is 0. The molecule has 2 rings (SSSR count). The summed E-state index contributed by atoms with van der Waals surface area (Å²) in [6, 6.07) is 7.42. The van der Waals surface area contributed by atoms with Crippen LogP contribution in [0.5, 0.6) is 5.75 Å². The molecule has 1 aromatic carbocycles. The first-order valence-electron chi connectivity index (χ1n) is 9.28. The topological polar surface area (TPSA) is 58.6 Å². The van der Waals surface area contributed by atoms with Gasteiger partial charge in [-0.2, -0.15) is 0 Å². The van der Waals surface area contributed by atoms with Gasteiger partial charge in [0.1, 0.15) is 11.8 Å². The van der Waals surface area contributed by atoms with Crippen LogP contribution in [-0.4, -0.2) is 35.9 Å². The molecule has 1 N–H and O–H groups in total. The quantitative estimate of drug-likeness (QED) is 0.786. The van der Waals surface area contributed by atoms with Crippen molar-refractivity contribution in [2.45, 2.75) is 71.0 Å². The Morgan fingerprint density at radius 3 is 2.44 bits per heavy atom. The molecule has 1 aliphatic carbocycles. The van der Waals surface area contributed by atoms with Crippen LogP contribution >= 0.6 is 0 Å². The summed E-state index contributed by atoms with van der Waals surface area (Å²) in [5, 5.41) is 3.11. The fourth-order valence-electron chi connectivity index (χ4n) is 3.26. The Bertz CT molecular complexity index is 565. The number of carbonyl (C=O) groups is 2. The monoisotopic (exact) mass is 346 g/mol. The fraction of sp³-hybridized carbons (Fsp3) is 0.600. The Labute approximate surface area is 150 Å². The highest BCUT2D eigenvalue weighted by atomic mass is 16.5. The predicted octanol–water partition coefficient (Wildman–Crippen LogP) is 3.27. The normalized spacial score (nSPS) is 15.6. The first-order valence-corrected chi connectivity index (χ1v) is 9.28. The Balaban J connectivity index is 2.07. The van der Waals surface area contributed by atoms with Gasteiger partial charge in [0, 0.05) is 19.0 Å². The van der Waals surface area contributed by atoms with Crippen molar-refractivity contribution in [1.29, 1.82) is 0 Å². The van der Waals surface area contributed by atoms with Crippen molar-refractivity contribution in [2.75, 3.05) is 7.11 Å². The molecule has 0 bridgehead atoms. The molecule has 1 saturated carbocycles. The molecule has 1 fully saturated rings. The van der Waals surface area contributed by atoms with Crippen molar-refractivity contribution in [2.24, 2.45) is 0 Å². The maximum absolute atomic E-state index is 12.6. The highest BCUT2D eigenvalue weighted by Crippen LogP contribution is 2.19. The molecule has 2 amide bonds. The molecule has 1 atom stereocenters. The van der Waals surface area contributed by atoms with E-state index in [0.717, 1.165) is 30.6 Å². The van der Waals surface area contributed by atoms with Crippen LogP contribution in [0.1, 0.15) is 57.9 Å². The van der Waals surface area contributed by atoms with Gasteiger partial charge in [-0.1, -0.05) is 31.9 Å². The lowest BCUT2D eigenvalue weighted by molar-refractivity contribution is -0.140. The minimum atomic E-state index is -0.471. The second-order valence-electron chi connectivity index (χ2n) is 6.79. The van der Waals surface area contributed by atoms with Crippen molar-refractivity contribution < 1.29 is 14.3 Å². The number of ether oxygens (including phenoxy) is 1. The molecule has 5 heteroatoms. The van der Waals surface area contributed by atoms with Gasteiger partial charge in [0.15, 0.2) is 0 Å². The molecule has 1 aliphatic rings. The molecule has 1 aromatic rings. The van der Waals surface area contributed by atoms with Crippen molar-refractivity contribution in [3.8, 4) is 5.75 Å². The number of hydrogen-bond acceptors (Lipinski definition) is 3. The van der Waals surface area contributed by atoms with E-state index < -0.39 is 6.04 Å². The van der Waals surface area contributed by atoms with Crippen molar-refractivity contribution >= 4 is 11.8 Å². The fourth-order valence-corrected chi connectivity index (χ4v) is 3.26. The van der Waals surface area contributed by atoms with E-state index >= 15 is 0 Å². The average molecular weight is 346 g/mol. The summed E-state index contributed by atoms with van der Waals surface area (Å²) in [6.07, 6.45) is 5.65. The van der Waals surface area contributed by atoms with Crippen LogP contribution in [0.3, 0.4) is 0 Å². The van der Waals surface area contributed by atoms with E-state index in [2.05, 4.69) is 5.32 Å². The first-order chi connectivity index (χ1) is 12.0. The van der Waals surface area contributed by atoms with E-state index in [1.54, 1.807) is 12.0 Å². The molecule has 0 aliphatic heterocycles. The lowest BCUT2D eigenvalue weighted by Gasteiger charge is -2.29. The van der Waals surface area contributed by atoms with Gasteiger partial charge in [-0.05, 0) is 43.9 Å². The summed E-state index contributed by atoms with van der Waals surface area (Å²) in [5.41, 5.74) is 0.991. The largest absolute Gasteiger partial charge is 0.497 e. The third-order valence-electron chi connectivity index (χ3n) is 4.84. The molecule has 138 valence electrons. The smallest absolute Gasteiger partial charge is 0.242 e. The zero-order valence-corrected chi connectivity index (χ0v) is 15.6. The molecule has 0 radical (unpaired) electrons. The molecule has 0 aromatic heterocycles. The van der Waals surface area contributed by atoms with Crippen LogP contribution in [0.25, 0.3) is 0 Å². The van der Waals surface area contributed by atoms with Crippen LogP contribution in [0, 0.1) is 0 Å². The second kappa shape index (κ2) is 9.44. The maximum atomic E-state index is 12.6. The van der Waals surface area contributed by atoms with Gasteiger partial charge in [-0.15, -0.1) is 0 Å². The highest BCUT2D eigenvalue weighted by Gasteiger charge is 2.27. The summed E-state index contributed by atoms with van der Waals surface area (Å²) in [4.78, 5) is 26.9. The molecule has 0 saturated heterocycles. The number of rotatable bonds is 8. The minimum Gasteiger partial charge on any atom is -0.497 e. The maximum Gasteiger partial charge on any atom is 0.242 e. The van der Waals surface area contributed by atoms with Crippen LogP contribution in [0.2, 0.25) is 0 Å². The SMILES string of the molecule is CCCC(=O)N(Cc1ccc(OC)cc1)C(C)C(=O)NC1CCCC1. The number of hydrogen-bond donors (Lipinski definition) is 1. The van der Waals surface area contributed by atoms with Gasteiger partial charge in [0.25, 0.3) is 0 Å². The summed E-state index contributed by atoms with van der Waals surface area (Å²) < 4.78 is 5.18. The molecular weight excluding hydrogens is 316 g/mol. The van der Waals surface area contributed by atoms with E-state index in [0.29, 0.717) is 13.0 Å². The zero-order valence-electron chi connectivity index (χ0n) is 15.6. The summed E-state index contributed by atoms with van der Waals surface area (Å²) in [5.74, 6) is 0.750. The Morgan fingerprint density at radius 2 is 1.88 bits per heavy atom. The van der Waals surface area contributed by atoms with Gasteiger partial charge in [-0.3, -0.25) is 9.59 Å². The van der Waals surface area contributed by atoms with Gasteiger partial charge in [0.2, 0.25) is 11.8 Å². The average Bonchev–Trinajstić information content (AvgIpc) is 3.12. The van der Waals surface area contributed by atoms with Gasteiger partial charge in [0.05, 0.1) is 7.11 Å². The summed E-state index contributed by atoms with van der Waals surface area (Å²) in [7, 11) is 1.63. The van der Waals surface area contributed by atoms with Gasteiger partial charge >= 0.3 is 0 Å². The van der Waals surface area contributed by atoms with E-state index in [1.807, 2.05) is 38.1 Å². The van der Waals surface area contributed by atoms with Crippen molar-refractivity contribution in [3.05, 3.63) is 29.8 Å². The molecule has 0 spiro atoms. The zero-order chi connectivity index (χ0) is 18.2. The predicted molar refractivity (Wildman–Crippen MR) is 98.3 cm³/mol. The van der Waals surface area contributed by atoms with E-state index in [4.69, 9.17) is 4.74 Å². The Hall–Kier alpha value is -2.04. The standard InChI is InChI=1S/C20H30N2O3/c1-4-7-19(23)22(14-16-10-12-18(25-3)13-11-16)15(2)20(24)21-17-8-5-6-9-17/h10-13,15,17H,4-9,14H2,1-3H3,(H,21,24). The summed E-state index contributed by atoms with van der Waals surface area (Å²) in [6.45, 7) is 4.23. The van der Waals surface area contributed by atoms with E-state index in [9.17, 15) is 9.59 Å². The number of nitrogens with one attached hydrogen (secondary N) is 1. The van der Waals surface area contributed by atoms with Crippen molar-refractivity contribution in [1.82, 2.24) is 10.2 Å². The number of carbonyl (C=O) groups excluding carboxylic acids is 2. The van der Waals surface area contributed by atoms with E-state index in [1.165, 1.54) is 12.8 Å². The molecule has 0 heterocycles. The van der Waals surface area contributed by atoms with Gasteiger partial charge < -0.3 is 15.0 Å². The van der Waals surface area contributed by atoms with Crippen LogP contribution in [0.15, 0.2) is 24.3 Å². The van der Waals surface area contributed by atoms with E-state index in [-0.39, 0.29) is 17.9 Å². The lowest BCUT2D eigenvalue weighted by atomic mass is 10.1. The third kappa shape index (κ3) is 5.48. The van der Waals surface area contributed by atoms with Crippen LogP contribution < -0.4 is 10.1 Å². The highest BCUT2D eigenvalue weighted by molar-refractivity contribution is 5.87. The van der Waals surface area contributed by atoms with Crippen LogP contribution in [-0.2, 0) is 16.1 Å². The van der Waals surface area contributed by atoms with Gasteiger partial charge in [-0.25, -0.2) is 0 Å². The number of nitrogens with zero attached hydrogens (tertiary/aromatic N) is 1. The van der Waals surface area contributed by atoms with Crippen LogP contribution in [0.4, 0.5) is 0 Å². The second-order valence-corrected chi connectivity index (χ2v) is 6.79. The molecular formula is C20H30N2O3. The molecule has 1 unspecified atom stereocenters. The number of methoxy groups -OCH3 is 1. The van der Waals surface area contributed by atoms with Crippen molar-refractivity contribution in [3.63, 3.8) is 0 Å². The molecule has 5 nitrogen and oxygen atoms in total. The minimum absolute atomic E-state index is 0.0207. The third-order valence-corrected chi connectivity index (χ3v) is 4.84. The lowest BCUT2D eigenvalue weighted by Crippen LogP contribution is -2.49. The number of amides is 2. The first kappa shape index (κ1) is 19.3. The number of benzene rings is 1. The Kier molecular flexibility index (Phi) is 7.29.